The molecule has 84 valence electrons. The van der Waals surface area contributed by atoms with Gasteiger partial charge in [-0.05, 0) is 6.42 Å². The number of rotatable bonds is 5. The van der Waals surface area contributed by atoms with Crippen LogP contribution in [0.25, 0.3) is 0 Å². The fourth-order valence-electron chi connectivity index (χ4n) is 1.26. The van der Waals surface area contributed by atoms with Gasteiger partial charge in [-0.2, -0.15) is 0 Å². The summed E-state index contributed by atoms with van der Waals surface area (Å²) < 4.78 is 10.1. The van der Waals surface area contributed by atoms with Crippen molar-refractivity contribution < 1.29 is 14.6 Å². The van der Waals surface area contributed by atoms with Crippen LogP contribution in [-0.2, 0) is 0 Å². The molecule has 0 radical (unpaired) electrons. The van der Waals surface area contributed by atoms with E-state index in [0.29, 0.717) is 11.5 Å². The summed E-state index contributed by atoms with van der Waals surface area (Å²) in [5, 5.41) is 12.9. The molecular weight excluding hydrogens is 194 g/mol. The van der Waals surface area contributed by atoms with Crippen molar-refractivity contribution in [3.63, 3.8) is 0 Å². The third kappa shape index (κ3) is 2.68. The Morgan fingerprint density at radius 2 is 1.73 bits per heavy atom. The number of phenolic OH excluding ortho intramolecular Hbond substituents is 1. The van der Waals surface area contributed by atoms with Gasteiger partial charge in [-0.15, -0.1) is 0 Å². The van der Waals surface area contributed by atoms with E-state index in [1.54, 1.807) is 12.1 Å². The molecule has 0 saturated carbocycles. The van der Waals surface area contributed by atoms with Crippen LogP contribution >= 0.6 is 0 Å². The van der Waals surface area contributed by atoms with Gasteiger partial charge in [0.15, 0.2) is 11.5 Å². The van der Waals surface area contributed by atoms with Crippen LogP contribution in [0.5, 0.6) is 17.2 Å². The predicted octanol–water partition coefficient (Wildman–Crippen LogP) is 2.23. The summed E-state index contributed by atoms with van der Waals surface area (Å²) in [6.45, 7) is 2.96. The maximum atomic E-state index is 9.66. The third-order valence-corrected chi connectivity index (χ3v) is 2.06. The quantitative estimate of drug-likeness (QED) is 0.733. The minimum Gasteiger partial charge on any atom is -0.502 e. The van der Waals surface area contributed by atoms with Crippen molar-refractivity contribution in [1.82, 2.24) is 0 Å². The van der Waals surface area contributed by atoms with E-state index >= 15 is 0 Å². The lowest BCUT2D eigenvalue weighted by Gasteiger charge is -2.12. The molecule has 1 aromatic rings. The highest BCUT2D eigenvalue weighted by Crippen LogP contribution is 2.38. The van der Waals surface area contributed by atoms with Crippen LogP contribution < -0.4 is 14.8 Å². The number of phenols is 1. The summed E-state index contributed by atoms with van der Waals surface area (Å²) in [5.41, 5.74) is 0.878. The van der Waals surface area contributed by atoms with Crippen LogP contribution in [-0.4, -0.2) is 25.9 Å². The SMILES string of the molecule is CCCNc1cc(OC)c(O)c(OC)c1. The Morgan fingerprint density at radius 1 is 1.20 bits per heavy atom. The van der Waals surface area contributed by atoms with Gasteiger partial charge in [0.05, 0.1) is 14.2 Å². The summed E-state index contributed by atoms with van der Waals surface area (Å²) in [6, 6.07) is 3.49. The van der Waals surface area contributed by atoms with E-state index in [1.807, 2.05) is 0 Å². The number of ether oxygens (including phenoxy) is 2. The van der Waals surface area contributed by atoms with Crippen LogP contribution in [0, 0.1) is 0 Å². The van der Waals surface area contributed by atoms with Crippen molar-refractivity contribution in [2.75, 3.05) is 26.1 Å². The highest BCUT2D eigenvalue weighted by atomic mass is 16.5. The average molecular weight is 211 g/mol. The summed E-state index contributed by atoms with van der Waals surface area (Å²) >= 11 is 0. The zero-order chi connectivity index (χ0) is 11.3. The molecular formula is C11H17NO3. The maximum absolute atomic E-state index is 9.66. The largest absolute Gasteiger partial charge is 0.502 e. The lowest BCUT2D eigenvalue weighted by Crippen LogP contribution is -2.00. The predicted molar refractivity (Wildman–Crippen MR) is 60.0 cm³/mol. The Labute approximate surface area is 89.8 Å². The number of hydrogen-bond donors (Lipinski definition) is 2. The summed E-state index contributed by atoms with van der Waals surface area (Å²) in [7, 11) is 3.02. The van der Waals surface area contributed by atoms with Crippen molar-refractivity contribution in [1.29, 1.82) is 0 Å². The minimum atomic E-state index is 0.0297. The standard InChI is InChI=1S/C11H17NO3/c1-4-5-12-8-6-9(14-2)11(13)10(7-8)15-3/h6-7,12-13H,4-5H2,1-3H3. The first-order valence-corrected chi connectivity index (χ1v) is 4.91. The molecule has 0 heterocycles. The molecule has 0 atom stereocenters. The van der Waals surface area contributed by atoms with E-state index in [1.165, 1.54) is 14.2 Å². The zero-order valence-electron chi connectivity index (χ0n) is 9.33. The Kier molecular flexibility index (Phi) is 4.09. The fraction of sp³-hybridized carbons (Fsp3) is 0.455. The maximum Gasteiger partial charge on any atom is 0.200 e. The first-order valence-electron chi connectivity index (χ1n) is 4.91. The number of anilines is 1. The molecule has 0 bridgehead atoms. The molecule has 0 aliphatic carbocycles. The zero-order valence-corrected chi connectivity index (χ0v) is 9.33. The third-order valence-electron chi connectivity index (χ3n) is 2.06. The molecule has 0 aliphatic rings. The van der Waals surface area contributed by atoms with Gasteiger partial charge in [-0.1, -0.05) is 6.92 Å². The number of methoxy groups -OCH3 is 2. The molecule has 2 N–H and O–H groups in total. The number of hydrogen-bond acceptors (Lipinski definition) is 4. The number of aromatic hydroxyl groups is 1. The lowest BCUT2D eigenvalue weighted by molar-refractivity contribution is 0.340. The van der Waals surface area contributed by atoms with Gasteiger partial charge < -0.3 is 19.9 Å². The second-order valence-corrected chi connectivity index (χ2v) is 3.16. The molecule has 0 unspecified atom stereocenters. The fourth-order valence-corrected chi connectivity index (χ4v) is 1.26. The average Bonchev–Trinajstić information content (AvgIpc) is 2.27. The summed E-state index contributed by atoms with van der Waals surface area (Å²) in [5.74, 6) is 0.850. The van der Waals surface area contributed by atoms with E-state index in [-0.39, 0.29) is 5.75 Å². The number of nitrogens with one attached hydrogen (secondary N) is 1. The van der Waals surface area contributed by atoms with E-state index in [2.05, 4.69) is 12.2 Å². The molecule has 0 amide bonds. The van der Waals surface area contributed by atoms with Crippen LogP contribution in [0.1, 0.15) is 13.3 Å². The van der Waals surface area contributed by atoms with Gasteiger partial charge in [0.2, 0.25) is 5.75 Å². The molecule has 1 rings (SSSR count). The molecule has 0 saturated heterocycles. The molecule has 0 fully saturated rings. The topological polar surface area (TPSA) is 50.7 Å². The van der Waals surface area contributed by atoms with E-state index in [4.69, 9.17) is 9.47 Å². The Bertz CT molecular complexity index is 301. The van der Waals surface area contributed by atoms with Gasteiger partial charge in [0.1, 0.15) is 0 Å². The number of benzene rings is 1. The van der Waals surface area contributed by atoms with Crippen molar-refractivity contribution >= 4 is 5.69 Å². The van der Waals surface area contributed by atoms with Gasteiger partial charge in [-0.3, -0.25) is 0 Å². The van der Waals surface area contributed by atoms with Crippen molar-refractivity contribution in [2.24, 2.45) is 0 Å². The lowest BCUT2D eigenvalue weighted by atomic mass is 10.2. The highest BCUT2D eigenvalue weighted by molar-refractivity contribution is 5.61. The van der Waals surface area contributed by atoms with Gasteiger partial charge in [-0.25, -0.2) is 0 Å². The van der Waals surface area contributed by atoms with Gasteiger partial charge in [0.25, 0.3) is 0 Å². The second-order valence-electron chi connectivity index (χ2n) is 3.16. The normalized spacial score (nSPS) is 9.80. The Balaban J connectivity index is 2.98. The second kappa shape index (κ2) is 5.34. The summed E-state index contributed by atoms with van der Waals surface area (Å²) in [4.78, 5) is 0. The van der Waals surface area contributed by atoms with Crippen molar-refractivity contribution in [3.8, 4) is 17.2 Å². The van der Waals surface area contributed by atoms with Crippen LogP contribution in [0.2, 0.25) is 0 Å². The summed E-state index contributed by atoms with van der Waals surface area (Å²) in [6.07, 6.45) is 1.03. The monoisotopic (exact) mass is 211 g/mol. The van der Waals surface area contributed by atoms with Gasteiger partial charge in [0, 0.05) is 24.4 Å². The Morgan fingerprint density at radius 3 is 2.13 bits per heavy atom. The van der Waals surface area contributed by atoms with Crippen LogP contribution in [0.3, 0.4) is 0 Å². The molecule has 0 spiro atoms. The van der Waals surface area contributed by atoms with Crippen LogP contribution in [0.4, 0.5) is 5.69 Å². The van der Waals surface area contributed by atoms with E-state index in [0.717, 1.165) is 18.7 Å². The molecule has 4 heteroatoms. The molecule has 0 aromatic heterocycles. The molecule has 15 heavy (non-hydrogen) atoms. The highest BCUT2D eigenvalue weighted by Gasteiger charge is 2.10. The minimum absolute atomic E-state index is 0.0297. The van der Waals surface area contributed by atoms with Crippen molar-refractivity contribution in [3.05, 3.63) is 12.1 Å². The smallest absolute Gasteiger partial charge is 0.200 e. The van der Waals surface area contributed by atoms with Gasteiger partial charge >= 0.3 is 0 Å². The molecule has 0 aliphatic heterocycles. The molecule has 4 nitrogen and oxygen atoms in total. The first kappa shape index (κ1) is 11.5. The van der Waals surface area contributed by atoms with Crippen molar-refractivity contribution in [2.45, 2.75) is 13.3 Å². The molecule has 1 aromatic carbocycles. The Hall–Kier alpha value is -1.58. The first-order chi connectivity index (χ1) is 7.22. The van der Waals surface area contributed by atoms with Crippen LogP contribution in [0.15, 0.2) is 12.1 Å². The van der Waals surface area contributed by atoms with E-state index in [9.17, 15) is 5.11 Å². The van der Waals surface area contributed by atoms with E-state index < -0.39 is 0 Å².